The summed E-state index contributed by atoms with van der Waals surface area (Å²) in [5.41, 5.74) is 7.20. The highest BCUT2D eigenvalue weighted by Gasteiger charge is 2.11. The number of hydrogen-bond donors (Lipinski definition) is 3. The molecule has 1 aromatic carbocycles. The van der Waals surface area contributed by atoms with Gasteiger partial charge in [-0.3, -0.25) is 4.79 Å². The molecule has 1 unspecified atom stereocenters. The van der Waals surface area contributed by atoms with Crippen LogP contribution in [0, 0.1) is 5.92 Å². The van der Waals surface area contributed by atoms with Gasteiger partial charge in [0.05, 0.1) is 0 Å². The molecule has 0 saturated heterocycles. The number of rotatable bonds is 7. The van der Waals surface area contributed by atoms with Crippen molar-refractivity contribution < 1.29 is 9.90 Å². The van der Waals surface area contributed by atoms with Gasteiger partial charge in [0.15, 0.2) is 0 Å². The predicted octanol–water partition coefficient (Wildman–Crippen LogP) is 0.936. The van der Waals surface area contributed by atoms with Crippen LogP contribution in [0.1, 0.15) is 29.3 Å². The Kier molecular flexibility index (Phi) is 6.39. The molecule has 100 valence electrons. The molecule has 0 aliphatic rings. The van der Waals surface area contributed by atoms with Crippen LogP contribution in [0.15, 0.2) is 24.3 Å². The van der Waals surface area contributed by atoms with Gasteiger partial charge in [-0.25, -0.2) is 0 Å². The third-order valence-corrected chi connectivity index (χ3v) is 2.91. The molecule has 0 aliphatic carbocycles. The van der Waals surface area contributed by atoms with Gasteiger partial charge >= 0.3 is 0 Å². The topological polar surface area (TPSA) is 75.3 Å². The maximum absolute atomic E-state index is 12.0. The highest BCUT2D eigenvalue weighted by Crippen LogP contribution is 2.09. The average Bonchev–Trinajstić information content (AvgIpc) is 2.37. The van der Waals surface area contributed by atoms with Crippen LogP contribution in [0.4, 0.5) is 0 Å². The molecule has 0 aliphatic heterocycles. The van der Waals surface area contributed by atoms with Gasteiger partial charge in [0.2, 0.25) is 0 Å². The van der Waals surface area contributed by atoms with Gasteiger partial charge in [0, 0.05) is 18.7 Å². The largest absolute Gasteiger partial charge is 0.396 e. The van der Waals surface area contributed by atoms with Crippen LogP contribution in [0.2, 0.25) is 0 Å². The van der Waals surface area contributed by atoms with Gasteiger partial charge in [-0.05, 0) is 36.9 Å². The Morgan fingerprint density at radius 2 is 2.17 bits per heavy atom. The number of aliphatic hydroxyl groups excluding tert-OH is 1. The first-order valence-corrected chi connectivity index (χ1v) is 6.36. The number of amides is 1. The summed E-state index contributed by atoms with van der Waals surface area (Å²) in [6.07, 6.45) is 1.40. The number of nitrogens with two attached hydrogens (primary N) is 1. The summed E-state index contributed by atoms with van der Waals surface area (Å²) in [4.78, 5) is 12.0. The van der Waals surface area contributed by atoms with Crippen molar-refractivity contribution in [3.63, 3.8) is 0 Å². The van der Waals surface area contributed by atoms with E-state index >= 15 is 0 Å². The summed E-state index contributed by atoms with van der Waals surface area (Å²) in [5, 5.41) is 11.7. The van der Waals surface area contributed by atoms with E-state index in [0.717, 1.165) is 5.56 Å². The first-order chi connectivity index (χ1) is 8.69. The fraction of sp³-hybridized carbons (Fsp3) is 0.500. The maximum atomic E-state index is 12.0. The van der Waals surface area contributed by atoms with Crippen LogP contribution >= 0.6 is 0 Å². The number of hydrogen-bond acceptors (Lipinski definition) is 3. The minimum Gasteiger partial charge on any atom is -0.396 e. The lowest BCUT2D eigenvalue weighted by molar-refractivity contribution is 0.0944. The number of carbonyl (C=O) groups excluding carboxylic acids is 1. The van der Waals surface area contributed by atoms with Crippen LogP contribution in [-0.4, -0.2) is 30.7 Å². The minimum atomic E-state index is -0.0659. The van der Waals surface area contributed by atoms with Gasteiger partial charge in [0.1, 0.15) is 0 Å². The van der Waals surface area contributed by atoms with Gasteiger partial charge in [-0.15, -0.1) is 0 Å². The van der Waals surface area contributed by atoms with Crippen molar-refractivity contribution in [2.24, 2.45) is 11.7 Å². The maximum Gasteiger partial charge on any atom is 0.251 e. The zero-order valence-electron chi connectivity index (χ0n) is 10.9. The van der Waals surface area contributed by atoms with Crippen molar-refractivity contribution in [1.82, 2.24) is 5.32 Å². The van der Waals surface area contributed by atoms with Crippen molar-refractivity contribution in [2.45, 2.75) is 19.8 Å². The molecule has 4 heteroatoms. The number of carbonyl (C=O) groups is 1. The highest BCUT2D eigenvalue weighted by atomic mass is 16.3. The quantitative estimate of drug-likeness (QED) is 0.674. The van der Waals surface area contributed by atoms with Crippen molar-refractivity contribution in [1.29, 1.82) is 0 Å². The van der Waals surface area contributed by atoms with Gasteiger partial charge in [-0.1, -0.05) is 25.1 Å². The second-order valence-electron chi connectivity index (χ2n) is 4.52. The first kappa shape index (κ1) is 14.7. The zero-order valence-corrected chi connectivity index (χ0v) is 10.9. The molecule has 1 amide bonds. The van der Waals surface area contributed by atoms with E-state index in [-0.39, 0.29) is 18.4 Å². The van der Waals surface area contributed by atoms with E-state index in [2.05, 4.69) is 5.32 Å². The third-order valence-electron chi connectivity index (χ3n) is 2.91. The highest BCUT2D eigenvalue weighted by molar-refractivity contribution is 5.95. The summed E-state index contributed by atoms with van der Waals surface area (Å²) in [7, 11) is 0. The van der Waals surface area contributed by atoms with Crippen LogP contribution in [0.3, 0.4) is 0 Å². The van der Waals surface area contributed by atoms with E-state index in [1.807, 2.05) is 31.2 Å². The molecule has 0 heterocycles. The van der Waals surface area contributed by atoms with Gasteiger partial charge in [-0.2, -0.15) is 0 Å². The van der Waals surface area contributed by atoms with E-state index in [0.29, 0.717) is 31.5 Å². The van der Waals surface area contributed by atoms with Crippen LogP contribution < -0.4 is 11.1 Å². The molecule has 0 aromatic heterocycles. The molecule has 0 saturated carbocycles. The van der Waals surface area contributed by atoms with Crippen LogP contribution in [0.25, 0.3) is 0 Å². The molecule has 18 heavy (non-hydrogen) atoms. The second kappa shape index (κ2) is 7.84. The van der Waals surface area contributed by atoms with Crippen molar-refractivity contribution in [3.05, 3.63) is 35.4 Å². The fourth-order valence-electron chi connectivity index (χ4n) is 1.80. The van der Waals surface area contributed by atoms with Gasteiger partial charge < -0.3 is 16.2 Å². The Bertz CT molecular complexity index is 380. The Morgan fingerprint density at radius 1 is 1.44 bits per heavy atom. The molecule has 0 spiro atoms. The Hall–Kier alpha value is -1.39. The molecule has 0 fully saturated rings. The smallest absolute Gasteiger partial charge is 0.251 e. The summed E-state index contributed by atoms with van der Waals surface area (Å²) < 4.78 is 0. The second-order valence-corrected chi connectivity index (χ2v) is 4.52. The average molecular weight is 250 g/mol. The SMILES string of the molecule is CC(CCO)CNC(=O)c1ccccc1CCN. The van der Waals surface area contributed by atoms with Crippen LogP contribution in [0.5, 0.6) is 0 Å². The molecular weight excluding hydrogens is 228 g/mol. The molecule has 4 N–H and O–H groups in total. The van der Waals surface area contributed by atoms with E-state index in [9.17, 15) is 4.79 Å². The Labute approximate surface area is 108 Å². The van der Waals surface area contributed by atoms with Crippen molar-refractivity contribution in [2.75, 3.05) is 19.7 Å². The first-order valence-electron chi connectivity index (χ1n) is 6.36. The van der Waals surface area contributed by atoms with Crippen LogP contribution in [-0.2, 0) is 6.42 Å². The monoisotopic (exact) mass is 250 g/mol. The normalized spacial score (nSPS) is 12.2. The lowest BCUT2D eigenvalue weighted by atomic mass is 10.0. The minimum absolute atomic E-state index is 0.0659. The number of nitrogens with one attached hydrogen (secondary N) is 1. The van der Waals surface area contributed by atoms with Crippen molar-refractivity contribution in [3.8, 4) is 0 Å². The molecule has 1 atom stereocenters. The summed E-state index contributed by atoms with van der Waals surface area (Å²) in [6, 6.07) is 7.51. The van der Waals surface area contributed by atoms with E-state index in [4.69, 9.17) is 10.8 Å². The van der Waals surface area contributed by atoms with Gasteiger partial charge in [0.25, 0.3) is 5.91 Å². The molecule has 0 radical (unpaired) electrons. The lowest BCUT2D eigenvalue weighted by Gasteiger charge is -2.13. The molecule has 4 nitrogen and oxygen atoms in total. The molecule has 1 aromatic rings. The fourth-order valence-corrected chi connectivity index (χ4v) is 1.80. The Morgan fingerprint density at radius 3 is 2.83 bits per heavy atom. The molecule has 1 rings (SSSR count). The number of benzene rings is 1. The predicted molar refractivity (Wildman–Crippen MR) is 72.4 cm³/mol. The zero-order chi connectivity index (χ0) is 13.4. The lowest BCUT2D eigenvalue weighted by Crippen LogP contribution is -2.29. The standard InChI is InChI=1S/C14H22N2O2/c1-11(7-9-17)10-16-14(18)13-5-3-2-4-12(13)6-8-15/h2-5,11,17H,6-10,15H2,1H3,(H,16,18). The Balaban J connectivity index is 2.60. The molecular formula is C14H22N2O2. The van der Waals surface area contributed by atoms with Crippen molar-refractivity contribution >= 4 is 5.91 Å². The van der Waals surface area contributed by atoms with E-state index in [1.165, 1.54) is 0 Å². The summed E-state index contributed by atoms with van der Waals surface area (Å²) >= 11 is 0. The van der Waals surface area contributed by atoms with E-state index in [1.54, 1.807) is 0 Å². The summed E-state index contributed by atoms with van der Waals surface area (Å²) in [6.45, 7) is 3.27. The molecule has 0 bridgehead atoms. The van der Waals surface area contributed by atoms with E-state index < -0.39 is 0 Å². The summed E-state index contributed by atoms with van der Waals surface area (Å²) in [5.74, 6) is 0.212. The number of aliphatic hydroxyl groups is 1. The third kappa shape index (κ3) is 4.47.